The van der Waals surface area contributed by atoms with Crippen LogP contribution in [0.3, 0.4) is 0 Å². The summed E-state index contributed by atoms with van der Waals surface area (Å²) in [5.74, 6) is 0.477. The molecule has 0 bridgehead atoms. The summed E-state index contributed by atoms with van der Waals surface area (Å²) in [5, 5.41) is 3.48. The first kappa shape index (κ1) is 17.6. The van der Waals surface area contributed by atoms with Crippen LogP contribution in [0.5, 0.6) is 0 Å². The minimum absolute atomic E-state index is 0.194. The number of benzene rings is 1. The van der Waals surface area contributed by atoms with Crippen molar-refractivity contribution in [3.05, 3.63) is 29.8 Å². The predicted octanol–water partition coefficient (Wildman–Crippen LogP) is 3.01. The molecule has 1 aromatic rings. The number of nitrogens with zero attached hydrogens (tertiary/aromatic N) is 1. The van der Waals surface area contributed by atoms with Crippen LogP contribution in [-0.4, -0.2) is 36.2 Å². The number of carbonyl (C=O) groups is 1. The Bertz CT molecular complexity index is 508. The number of ether oxygens (including phenoxy) is 1. The molecule has 1 atom stereocenters. The van der Waals surface area contributed by atoms with E-state index in [1.807, 2.05) is 49.9 Å². The molecule has 2 rings (SSSR count). The van der Waals surface area contributed by atoms with Gasteiger partial charge < -0.3 is 20.7 Å². The van der Waals surface area contributed by atoms with Crippen molar-refractivity contribution in [3.63, 3.8) is 0 Å². The van der Waals surface area contributed by atoms with Crippen molar-refractivity contribution in [3.8, 4) is 0 Å². The monoisotopic (exact) mass is 319 g/mol. The molecule has 5 heteroatoms. The number of nitrogens with two attached hydrogens (primary N) is 1. The topological polar surface area (TPSA) is 67.6 Å². The fraction of sp³-hybridized carbons (Fsp3) is 0.611. The fourth-order valence-electron chi connectivity index (χ4n) is 2.78. The molecule has 23 heavy (non-hydrogen) atoms. The van der Waals surface area contributed by atoms with Gasteiger partial charge in [-0.2, -0.15) is 0 Å². The molecule has 1 unspecified atom stereocenters. The van der Waals surface area contributed by atoms with Gasteiger partial charge in [0.15, 0.2) is 0 Å². The summed E-state index contributed by atoms with van der Waals surface area (Å²) in [7, 11) is 0. The first-order chi connectivity index (χ1) is 10.8. The zero-order chi connectivity index (χ0) is 16.9. The fourth-order valence-corrected chi connectivity index (χ4v) is 2.78. The lowest BCUT2D eigenvalue weighted by Gasteiger charge is -2.34. The standard InChI is InChI=1S/C18H29N3O2/c1-18(2,3)23-17(22)21-10-4-5-15(13-21)12-20-11-14-6-8-16(19)9-7-14/h6-9,15,20H,4-5,10-13,19H2,1-3H3. The van der Waals surface area contributed by atoms with E-state index in [1.54, 1.807) is 0 Å². The second kappa shape index (κ2) is 7.68. The minimum atomic E-state index is -0.433. The van der Waals surface area contributed by atoms with Gasteiger partial charge in [-0.05, 0) is 63.8 Å². The maximum absolute atomic E-state index is 12.2. The third-order valence-corrected chi connectivity index (χ3v) is 3.91. The Balaban J connectivity index is 1.75. The maximum Gasteiger partial charge on any atom is 0.410 e. The van der Waals surface area contributed by atoms with Gasteiger partial charge in [-0.25, -0.2) is 4.79 Å². The van der Waals surface area contributed by atoms with E-state index in [0.29, 0.717) is 5.92 Å². The summed E-state index contributed by atoms with van der Waals surface area (Å²) in [6.07, 6.45) is 1.99. The minimum Gasteiger partial charge on any atom is -0.444 e. The Hall–Kier alpha value is -1.75. The van der Waals surface area contributed by atoms with Crippen molar-refractivity contribution in [1.29, 1.82) is 0 Å². The van der Waals surface area contributed by atoms with Crippen LogP contribution < -0.4 is 11.1 Å². The molecular weight excluding hydrogens is 290 g/mol. The lowest BCUT2D eigenvalue weighted by molar-refractivity contribution is 0.0166. The number of likely N-dealkylation sites (tertiary alicyclic amines) is 1. The van der Waals surface area contributed by atoms with E-state index < -0.39 is 5.60 Å². The molecule has 0 saturated carbocycles. The van der Waals surface area contributed by atoms with Gasteiger partial charge in [-0.1, -0.05) is 12.1 Å². The zero-order valence-electron chi connectivity index (χ0n) is 14.5. The van der Waals surface area contributed by atoms with Crippen LogP contribution in [0.4, 0.5) is 10.5 Å². The van der Waals surface area contributed by atoms with Crippen LogP contribution >= 0.6 is 0 Å². The number of nitrogen functional groups attached to an aromatic ring is 1. The molecule has 0 aromatic heterocycles. The van der Waals surface area contributed by atoms with Gasteiger partial charge in [0.2, 0.25) is 0 Å². The number of amides is 1. The zero-order valence-corrected chi connectivity index (χ0v) is 14.5. The normalized spacial score (nSPS) is 18.7. The Morgan fingerprint density at radius 2 is 2.04 bits per heavy atom. The molecule has 1 saturated heterocycles. The molecular formula is C18H29N3O2. The predicted molar refractivity (Wildman–Crippen MR) is 93.1 cm³/mol. The number of anilines is 1. The van der Waals surface area contributed by atoms with Crippen LogP contribution in [-0.2, 0) is 11.3 Å². The molecule has 1 aliphatic heterocycles. The van der Waals surface area contributed by atoms with E-state index in [4.69, 9.17) is 10.5 Å². The first-order valence-electron chi connectivity index (χ1n) is 8.36. The summed E-state index contributed by atoms with van der Waals surface area (Å²) in [6, 6.07) is 7.91. The third-order valence-electron chi connectivity index (χ3n) is 3.91. The summed E-state index contributed by atoms with van der Waals surface area (Å²) in [5.41, 5.74) is 7.26. The van der Waals surface area contributed by atoms with Gasteiger partial charge in [0.1, 0.15) is 5.60 Å². The van der Waals surface area contributed by atoms with E-state index in [1.165, 1.54) is 5.56 Å². The van der Waals surface area contributed by atoms with Crippen molar-refractivity contribution < 1.29 is 9.53 Å². The highest BCUT2D eigenvalue weighted by atomic mass is 16.6. The molecule has 1 aromatic carbocycles. The summed E-state index contributed by atoms with van der Waals surface area (Å²) in [6.45, 7) is 9.00. The van der Waals surface area contributed by atoms with Crippen LogP contribution in [0.2, 0.25) is 0 Å². The largest absolute Gasteiger partial charge is 0.444 e. The average molecular weight is 319 g/mol. The van der Waals surface area contributed by atoms with Crippen LogP contribution in [0.25, 0.3) is 0 Å². The van der Waals surface area contributed by atoms with Crippen molar-refractivity contribution in [2.24, 2.45) is 5.92 Å². The van der Waals surface area contributed by atoms with E-state index in [0.717, 1.165) is 44.7 Å². The van der Waals surface area contributed by atoms with Gasteiger partial charge in [0, 0.05) is 25.3 Å². The number of hydrogen-bond donors (Lipinski definition) is 2. The molecule has 5 nitrogen and oxygen atoms in total. The molecule has 1 fully saturated rings. The molecule has 0 radical (unpaired) electrons. The molecule has 1 amide bonds. The SMILES string of the molecule is CC(C)(C)OC(=O)N1CCCC(CNCc2ccc(N)cc2)C1. The molecule has 128 valence electrons. The number of carbonyl (C=O) groups excluding carboxylic acids is 1. The highest BCUT2D eigenvalue weighted by molar-refractivity contribution is 5.68. The highest BCUT2D eigenvalue weighted by Crippen LogP contribution is 2.19. The summed E-state index contributed by atoms with van der Waals surface area (Å²) < 4.78 is 5.47. The quantitative estimate of drug-likeness (QED) is 0.837. The van der Waals surface area contributed by atoms with Gasteiger partial charge in [0.25, 0.3) is 0 Å². The lowest BCUT2D eigenvalue weighted by Crippen LogP contribution is -2.44. The Kier molecular flexibility index (Phi) is 5.88. The van der Waals surface area contributed by atoms with Crippen molar-refractivity contribution in [2.75, 3.05) is 25.4 Å². The van der Waals surface area contributed by atoms with E-state index in [2.05, 4.69) is 5.32 Å². The van der Waals surface area contributed by atoms with Crippen LogP contribution in [0, 0.1) is 5.92 Å². The van der Waals surface area contributed by atoms with Gasteiger partial charge in [-0.3, -0.25) is 0 Å². The second-order valence-electron chi connectivity index (χ2n) is 7.31. The highest BCUT2D eigenvalue weighted by Gasteiger charge is 2.27. The summed E-state index contributed by atoms with van der Waals surface area (Å²) in [4.78, 5) is 14.0. The van der Waals surface area contributed by atoms with Gasteiger partial charge >= 0.3 is 6.09 Å². The van der Waals surface area contributed by atoms with E-state index in [-0.39, 0.29) is 6.09 Å². The molecule has 0 aliphatic carbocycles. The average Bonchev–Trinajstić information content (AvgIpc) is 2.48. The number of rotatable bonds is 4. The number of piperidine rings is 1. The van der Waals surface area contributed by atoms with E-state index >= 15 is 0 Å². The van der Waals surface area contributed by atoms with Crippen molar-refractivity contribution in [2.45, 2.75) is 45.8 Å². The van der Waals surface area contributed by atoms with Crippen molar-refractivity contribution >= 4 is 11.8 Å². The Morgan fingerprint density at radius 3 is 2.70 bits per heavy atom. The second-order valence-corrected chi connectivity index (χ2v) is 7.31. The lowest BCUT2D eigenvalue weighted by atomic mass is 9.98. The van der Waals surface area contributed by atoms with Crippen LogP contribution in [0.15, 0.2) is 24.3 Å². The number of nitrogens with one attached hydrogen (secondary N) is 1. The first-order valence-corrected chi connectivity index (χ1v) is 8.36. The molecule has 1 heterocycles. The van der Waals surface area contributed by atoms with Gasteiger partial charge in [0.05, 0.1) is 0 Å². The van der Waals surface area contributed by atoms with Crippen LogP contribution in [0.1, 0.15) is 39.2 Å². The smallest absolute Gasteiger partial charge is 0.410 e. The molecule has 3 N–H and O–H groups in total. The van der Waals surface area contributed by atoms with Crippen molar-refractivity contribution in [1.82, 2.24) is 10.2 Å². The molecule has 0 spiro atoms. The maximum atomic E-state index is 12.2. The van der Waals surface area contributed by atoms with Gasteiger partial charge in [-0.15, -0.1) is 0 Å². The molecule has 1 aliphatic rings. The summed E-state index contributed by atoms with van der Waals surface area (Å²) >= 11 is 0. The number of hydrogen-bond acceptors (Lipinski definition) is 4. The Morgan fingerprint density at radius 1 is 1.35 bits per heavy atom. The Labute approximate surface area is 139 Å². The third kappa shape index (κ3) is 6.10. The van der Waals surface area contributed by atoms with E-state index in [9.17, 15) is 4.79 Å².